The second kappa shape index (κ2) is 10.4. The maximum absolute atomic E-state index is 13.1. The van der Waals surface area contributed by atoms with Crippen LogP contribution in [0.1, 0.15) is 15.9 Å². The van der Waals surface area contributed by atoms with Crippen LogP contribution in [-0.2, 0) is 20.9 Å². The molecule has 2 aromatic rings. The number of amides is 3. The Morgan fingerprint density at radius 3 is 2.61 bits per heavy atom. The molecular weight excluding hydrogens is 425 g/mol. The summed E-state index contributed by atoms with van der Waals surface area (Å²) in [4.78, 5) is 42.4. The van der Waals surface area contributed by atoms with Crippen molar-refractivity contribution < 1.29 is 23.5 Å². The van der Waals surface area contributed by atoms with E-state index in [0.29, 0.717) is 10.6 Å². The first-order valence-corrected chi connectivity index (χ1v) is 10.1. The van der Waals surface area contributed by atoms with Crippen LogP contribution in [0.25, 0.3) is 0 Å². The molecule has 0 radical (unpaired) electrons. The van der Waals surface area contributed by atoms with Crippen molar-refractivity contribution in [3.8, 4) is 0 Å². The zero-order chi connectivity index (χ0) is 22.4. The Hall–Kier alpha value is -2.97. The Morgan fingerprint density at radius 1 is 1.19 bits per heavy atom. The summed E-state index contributed by atoms with van der Waals surface area (Å²) < 4.78 is 18.1. The number of hydrogen-bond donors (Lipinski definition) is 0. The minimum Gasteiger partial charge on any atom is -0.383 e. The molecule has 3 rings (SSSR count). The van der Waals surface area contributed by atoms with Crippen molar-refractivity contribution in [3.63, 3.8) is 0 Å². The lowest BCUT2D eigenvalue weighted by Gasteiger charge is -2.25. The van der Waals surface area contributed by atoms with Gasteiger partial charge in [-0.05, 0) is 35.9 Å². The molecule has 9 heteroatoms. The molecular formula is C22H23ClFN3O4. The van der Waals surface area contributed by atoms with Crippen molar-refractivity contribution in [2.24, 2.45) is 0 Å². The predicted molar refractivity (Wildman–Crippen MR) is 113 cm³/mol. The zero-order valence-electron chi connectivity index (χ0n) is 17.1. The maximum Gasteiger partial charge on any atom is 0.254 e. The molecule has 31 heavy (non-hydrogen) atoms. The fraction of sp³-hybridized carbons (Fsp3) is 0.318. The van der Waals surface area contributed by atoms with Crippen molar-refractivity contribution in [1.82, 2.24) is 14.7 Å². The summed E-state index contributed by atoms with van der Waals surface area (Å²) in [5, 5.41) is 0.422. The predicted octanol–water partition coefficient (Wildman–Crippen LogP) is 2.40. The third kappa shape index (κ3) is 6.02. The van der Waals surface area contributed by atoms with E-state index in [2.05, 4.69) is 0 Å². The Balaban J connectivity index is 1.65. The molecule has 7 nitrogen and oxygen atoms in total. The lowest BCUT2D eigenvalue weighted by molar-refractivity contribution is -0.132. The summed E-state index contributed by atoms with van der Waals surface area (Å²) in [5.41, 5.74) is 1.13. The van der Waals surface area contributed by atoms with E-state index in [1.165, 1.54) is 40.0 Å². The van der Waals surface area contributed by atoms with Gasteiger partial charge in [0.05, 0.1) is 13.3 Å². The highest BCUT2D eigenvalue weighted by Gasteiger charge is 2.32. The van der Waals surface area contributed by atoms with Crippen LogP contribution in [0.2, 0.25) is 5.02 Å². The molecule has 1 aliphatic heterocycles. The van der Waals surface area contributed by atoms with Crippen LogP contribution in [0.4, 0.5) is 4.39 Å². The molecule has 164 valence electrons. The Morgan fingerprint density at radius 2 is 1.94 bits per heavy atom. The van der Waals surface area contributed by atoms with Gasteiger partial charge >= 0.3 is 0 Å². The van der Waals surface area contributed by atoms with Crippen molar-refractivity contribution in [2.75, 3.05) is 40.0 Å². The van der Waals surface area contributed by atoms with E-state index in [9.17, 15) is 18.8 Å². The number of rotatable bonds is 8. The van der Waals surface area contributed by atoms with E-state index in [1.807, 2.05) is 0 Å². The standard InChI is InChI=1S/C22H23ClFN3O4/c1-31-10-9-25(22(30)17-3-2-4-18(23)11-17)13-20(28)27-14-21(29)26(15-27)12-16-5-7-19(24)8-6-16/h2-8,11H,9-10,12-15H2,1H3. The van der Waals surface area contributed by atoms with E-state index in [0.717, 1.165) is 5.56 Å². The average Bonchev–Trinajstić information content (AvgIpc) is 3.12. The first-order valence-electron chi connectivity index (χ1n) is 9.71. The summed E-state index contributed by atoms with van der Waals surface area (Å²) >= 11 is 5.98. The molecule has 0 spiro atoms. The summed E-state index contributed by atoms with van der Waals surface area (Å²) in [5.74, 6) is -1.25. The van der Waals surface area contributed by atoms with Gasteiger partial charge < -0.3 is 19.4 Å². The molecule has 2 aromatic carbocycles. The van der Waals surface area contributed by atoms with Crippen LogP contribution in [0.15, 0.2) is 48.5 Å². The maximum atomic E-state index is 13.1. The topological polar surface area (TPSA) is 70.2 Å². The van der Waals surface area contributed by atoms with E-state index in [-0.39, 0.29) is 63.0 Å². The van der Waals surface area contributed by atoms with Crippen LogP contribution in [0.3, 0.4) is 0 Å². The number of carbonyl (C=O) groups is 3. The van der Waals surface area contributed by atoms with Gasteiger partial charge in [0.25, 0.3) is 5.91 Å². The minimum atomic E-state index is -0.353. The van der Waals surface area contributed by atoms with Gasteiger partial charge in [-0.15, -0.1) is 0 Å². The molecule has 1 aliphatic rings. The third-order valence-electron chi connectivity index (χ3n) is 4.91. The van der Waals surface area contributed by atoms with Crippen molar-refractivity contribution in [3.05, 3.63) is 70.5 Å². The lowest BCUT2D eigenvalue weighted by Crippen LogP contribution is -2.44. The summed E-state index contributed by atoms with van der Waals surface area (Å²) in [6, 6.07) is 12.3. The molecule has 0 bridgehead atoms. The molecule has 0 aliphatic carbocycles. The van der Waals surface area contributed by atoms with Crippen LogP contribution in [0.5, 0.6) is 0 Å². The normalized spacial score (nSPS) is 13.6. The molecule has 0 saturated carbocycles. The molecule has 0 atom stereocenters. The Bertz CT molecular complexity index is 954. The van der Waals surface area contributed by atoms with Crippen LogP contribution in [0, 0.1) is 5.82 Å². The van der Waals surface area contributed by atoms with Gasteiger partial charge in [-0.1, -0.05) is 29.8 Å². The monoisotopic (exact) mass is 447 g/mol. The first-order chi connectivity index (χ1) is 14.9. The number of carbonyl (C=O) groups excluding carboxylic acids is 3. The zero-order valence-corrected chi connectivity index (χ0v) is 17.8. The highest BCUT2D eigenvalue weighted by atomic mass is 35.5. The molecule has 3 amide bonds. The highest BCUT2D eigenvalue weighted by Crippen LogP contribution is 2.15. The fourth-order valence-corrected chi connectivity index (χ4v) is 3.43. The van der Waals surface area contributed by atoms with Gasteiger partial charge in [-0.2, -0.15) is 0 Å². The van der Waals surface area contributed by atoms with E-state index in [4.69, 9.17) is 16.3 Å². The second-order valence-electron chi connectivity index (χ2n) is 7.18. The van der Waals surface area contributed by atoms with Gasteiger partial charge in [0.15, 0.2) is 0 Å². The Labute approximate surface area is 184 Å². The summed E-state index contributed by atoms with van der Waals surface area (Å²) in [6.45, 7) is 0.607. The number of ether oxygens (including phenoxy) is 1. The van der Waals surface area contributed by atoms with Crippen LogP contribution >= 0.6 is 11.6 Å². The summed E-state index contributed by atoms with van der Waals surface area (Å²) in [6.07, 6.45) is 0. The van der Waals surface area contributed by atoms with Gasteiger partial charge in [0, 0.05) is 30.8 Å². The van der Waals surface area contributed by atoms with Gasteiger partial charge in [0.1, 0.15) is 18.9 Å². The Kier molecular flexibility index (Phi) is 7.59. The average molecular weight is 448 g/mol. The van der Waals surface area contributed by atoms with Crippen LogP contribution in [-0.4, -0.2) is 72.4 Å². The minimum absolute atomic E-state index is 0.0660. The van der Waals surface area contributed by atoms with Gasteiger partial charge in [-0.3, -0.25) is 14.4 Å². The third-order valence-corrected chi connectivity index (χ3v) is 5.14. The SMILES string of the molecule is COCCN(CC(=O)N1CC(=O)N(Cc2ccc(F)cc2)C1)C(=O)c1cccc(Cl)c1. The molecule has 0 N–H and O–H groups in total. The van der Waals surface area contributed by atoms with Gasteiger partial charge in [-0.25, -0.2) is 4.39 Å². The lowest BCUT2D eigenvalue weighted by atomic mass is 10.2. The number of benzene rings is 2. The van der Waals surface area contributed by atoms with Crippen LogP contribution < -0.4 is 0 Å². The smallest absolute Gasteiger partial charge is 0.254 e. The number of halogens is 2. The fourth-order valence-electron chi connectivity index (χ4n) is 3.23. The van der Waals surface area contributed by atoms with Crippen molar-refractivity contribution in [1.29, 1.82) is 0 Å². The highest BCUT2D eigenvalue weighted by molar-refractivity contribution is 6.31. The largest absolute Gasteiger partial charge is 0.383 e. The molecule has 0 aromatic heterocycles. The second-order valence-corrected chi connectivity index (χ2v) is 7.62. The van der Waals surface area contributed by atoms with Gasteiger partial charge in [0.2, 0.25) is 11.8 Å². The molecule has 1 heterocycles. The first kappa shape index (κ1) is 22.7. The summed E-state index contributed by atoms with van der Waals surface area (Å²) in [7, 11) is 1.51. The molecule has 0 unspecified atom stereocenters. The molecule has 1 saturated heterocycles. The van der Waals surface area contributed by atoms with Crippen molar-refractivity contribution in [2.45, 2.75) is 6.54 Å². The van der Waals surface area contributed by atoms with E-state index < -0.39 is 0 Å². The number of hydrogen-bond acceptors (Lipinski definition) is 4. The number of methoxy groups -OCH3 is 1. The molecule has 1 fully saturated rings. The van der Waals surface area contributed by atoms with E-state index in [1.54, 1.807) is 30.3 Å². The van der Waals surface area contributed by atoms with E-state index >= 15 is 0 Å². The quantitative estimate of drug-likeness (QED) is 0.623. The van der Waals surface area contributed by atoms with Crippen molar-refractivity contribution >= 4 is 29.3 Å². The number of nitrogens with zero attached hydrogens (tertiary/aromatic N) is 3.